The molecular weight excluding hydrogens is 430 g/mol. The van der Waals surface area contributed by atoms with E-state index in [-0.39, 0.29) is 24.3 Å². The molecule has 0 aromatic heterocycles. The van der Waals surface area contributed by atoms with Gasteiger partial charge in [0.1, 0.15) is 0 Å². The average Bonchev–Trinajstić information content (AvgIpc) is 3.11. The van der Waals surface area contributed by atoms with E-state index in [2.05, 4.69) is 9.80 Å². The van der Waals surface area contributed by atoms with Crippen molar-refractivity contribution >= 4 is 29.1 Å². The van der Waals surface area contributed by atoms with E-state index in [0.29, 0.717) is 24.5 Å². The maximum atomic E-state index is 13.0. The summed E-state index contributed by atoms with van der Waals surface area (Å²) in [5, 5.41) is 0.731. The molecule has 170 valence electrons. The Labute approximate surface area is 193 Å². The fraction of sp³-hybridized carbons (Fsp3) is 0.417. The predicted molar refractivity (Wildman–Crippen MR) is 124 cm³/mol. The van der Waals surface area contributed by atoms with Crippen LogP contribution in [0.4, 0.5) is 5.69 Å². The molecule has 8 heteroatoms. The normalized spacial score (nSPS) is 19.5. The van der Waals surface area contributed by atoms with Gasteiger partial charge in [0.25, 0.3) is 0 Å². The van der Waals surface area contributed by atoms with Gasteiger partial charge in [-0.1, -0.05) is 29.8 Å². The third-order valence-electron chi connectivity index (χ3n) is 6.24. The summed E-state index contributed by atoms with van der Waals surface area (Å²) in [4.78, 5) is 31.4. The van der Waals surface area contributed by atoms with Gasteiger partial charge in [-0.05, 0) is 36.2 Å². The fourth-order valence-corrected chi connectivity index (χ4v) is 4.70. The van der Waals surface area contributed by atoms with Crippen molar-refractivity contribution in [1.29, 1.82) is 0 Å². The van der Waals surface area contributed by atoms with Gasteiger partial charge in [-0.15, -0.1) is 0 Å². The van der Waals surface area contributed by atoms with Crippen molar-refractivity contribution in [2.45, 2.75) is 18.9 Å². The van der Waals surface area contributed by atoms with Gasteiger partial charge in [0, 0.05) is 32.7 Å². The molecule has 4 rings (SSSR count). The molecule has 2 aromatic carbocycles. The number of hydrogen-bond acceptors (Lipinski definition) is 6. The molecule has 0 aliphatic carbocycles. The van der Waals surface area contributed by atoms with Gasteiger partial charge >= 0.3 is 0 Å². The standard InChI is InChI=1S/C24H28ClN3O4/c1-31-21-8-7-17(15-22(21)32-2)9-10-28-23(29)16-20(24(28)30)27-13-11-26(12-14-27)19-6-4-3-5-18(19)25/h3-8,15,20H,9-14,16H2,1-2H3/t20-/m1/s1. The number of hydrogen-bond donors (Lipinski definition) is 0. The van der Waals surface area contributed by atoms with Crippen LogP contribution in [0.25, 0.3) is 0 Å². The molecule has 0 N–H and O–H groups in total. The zero-order valence-electron chi connectivity index (χ0n) is 18.4. The van der Waals surface area contributed by atoms with E-state index in [1.165, 1.54) is 4.90 Å². The molecule has 2 aliphatic heterocycles. The van der Waals surface area contributed by atoms with Crippen LogP contribution in [-0.4, -0.2) is 74.6 Å². The summed E-state index contributed by atoms with van der Waals surface area (Å²) in [5.41, 5.74) is 2.00. The highest BCUT2D eigenvalue weighted by Gasteiger charge is 2.42. The number of carbonyl (C=O) groups is 2. The molecule has 0 bridgehead atoms. The third kappa shape index (κ3) is 4.54. The minimum atomic E-state index is -0.374. The van der Waals surface area contributed by atoms with Crippen molar-refractivity contribution in [2.75, 3.05) is 51.8 Å². The zero-order valence-corrected chi connectivity index (χ0v) is 19.2. The van der Waals surface area contributed by atoms with Gasteiger partial charge in [-0.3, -0.25) is 19.4 Å². The first-order chi connectivity index (χ1) is 15.5. The Hall–Kier alpha value is -2.77. The molecule has 2 fully saturated rings. The number of likely N-dealkylation sites (tertiary alicyclic amines) is 1. The van der Waals surface area contributed by atoms with Crippen molar-refractivity contribution in [2.24, 2.45) is 0 Å². The fourth-order valence-electron chi connectivity index (χ4n) is 4.45. The van der Waals surface area contributed by atoms with E-state index in [9.17, 15) is 9.59 Å². The van der Waals surface area contributed by atoms with Crippen LogP contribution in [0.1, 0.15) is 12.0 Å². The Balaban J connectivity index is 1.35. The van der Waals surface area contributed by atoms with Crippen molar-refractivity contribution < 1.29 is 19.1 Å². The maximum absolute atomic E-state index is 13.0. The number of halogens is 1. The smallest absolute Gasteiger partial charge is 0.247 e. The zero-order chi connectivity index (χ0) is 22.7. The quantitative estimate of drug-likeness (QED) is 0.596. The van der Waals surface area contributed by atoms with E-state index in [4.69, 9.17) is 21.1 Å². The lowest BCUT2D eigenvalue weighted by Crippen LogP contribution is -2.52. The molecule has 0 radical (unpaired) electrons. The molecule has 2 aliphatic rings. The summed E-state index contributed by atoms with van der Waals surface area (Å²) in [5.74, 6) is 1.09. The second kappa shape index (κ2) is 9.79. The SMILES string of the molecule is COc1ccc(CCN2C(=O)C[C@@H](N3CCN(c4ccccc4Cl)CC3)C2=O)cc1OC. The second-order valence-corrected chi connectivity index (χ2v) is 8.42. The van der Waals surface area contributed by atoms with Crippen LogP contribution in [-0.2, 0) is 16.0 Å². The van der Waals surface area contributed by atoms with E-state index in [1.54, 1.807) is 14.2 Å². The van der Waals surface area contributed by atoms with E-state index in [0.717, 1.165) is 42.5 Å². The van der Waals surface area contributed by atoms with Crippen LogP contribution in [0.3, 0.4) is 0 Å². The Morgan fingerprint density at radius 3 is 2.38 bits per heavy atom. The first kappa shape index (κ1) is 22.4. The van der Waals surface area contributed by atoms with Crippen LogP contribution >= 0.6 is 11.6 Å². The van der Waals surface area contributed by atoms with Gasteiger partial charge < -0.3 is 14.4 Å². The highest BCUT2D eigenvalue weighted by atomic mass is 35.5. The average molecular weight is 458 g/mol. The summed E-state index contributed by atoms with van der Waals surface area (Å²) in [6, 6.07) is 13.1. The topological polar surface area (TPSA) is 62.3 Å². The van der Waals surface area contributed by atoms with E-state index < -0.39 is 0 Å². The number of para-hydroxylation sites is 1. The summed E-state index contributed by atoms with van der Waals surface area (Å²) >= 11 is 6.33. The molecular formula is C24H28ClN3O4. The lowest BCUT2D eigenvalue weighted by Gasteiger charge is -2.38. The molecule has 7 nitrogen and oxygen atoms in total. The predicted octanol–water partition coefficient (Wildman–Crippen LogP) is 2.85. The molecule has 2 heterocycles. The number of rotatable bonds is 7. The molecule has 2 amide bonds. The number of ether oxygens (including phenoxy) is 2. The Morgan fingerprint density at radius 1 is 0.969 bits per heavy atom. The van der Waals surface area contributed by atoms with Crippen molar-refractivity contribution in [3.8, 4) is 11.5 Å². The summed E-state index contributed by atoms with van der Waals surface area (Å²) in [6.07, 6.45) is 0.821. The number of amides is 2. The minimum Gasteiger partial charge on any atom is -0.493 e. The lowest BCUT2D eigenvalue weighted by molar-refractivity contribution is -0.139. The van der Waals surface area contributed by atoms with Gasteiger partial charge in [-0.25, -0.2) is 0 Å². The molecule has 1 atom stereocenters. The Morgan fingerprint density at radius 2 is 1.69 bits per heavy atom. The van der Waals surface area contributed by atoms with Crippen LogP contribution in [0.2, 0.25) is 5.02 Å². The van der Waals surface area contributed by atoms with Crippen LogP contribution in [0, 0.1) is 0 Å². The summed E-state index contributed by atoms with van der Waals surface area (Å²) in [7, 11) is 3.18. The van der Waals surface area contributed by atoms with Gasteiger partial charge in [0.05, 0.1) is 37.4 Å². The van der Waals surface area contributed by atoms with Crippen LogP contribution in [0.15, 0.2) is 42.5 Å². The van der Waals surface area contributed by atoms with Crippen LogP contribution < -0.4 is 14.4 Å². The highest BCUT2D eigenvalue weighted by Crippen LogP contribution is 2.29. The summed E-state index contributed by atoms with van der Waals surface area (Å²) in [6.45, 7) is 3.35. The molecule has 32 heavy (non-hydrogen) atoms. The monoisotopic (exact) mass is 457 g/mol. The maximum Gasteiger partial charge on any atom is 0.247 e. The van der Waals surface area contributed by atoms with E-state index in [1.807, 2.05) is 42.5 Å². The molecule has 2 aromatic rings. The third-order valence-corrected chi connectivity index (χ3v) is 6.56. The van der Waals surface area contributed by atoms with Gasteiger partial charge in [0.15, 0.2) is 11.5 Å². The van der Waals surface area contributed by atoms with Crippen molar-refractivity contribution in [1.82, 2.24) is 9.80 Å². The molecule has 0 spiro atoms. The molecule has 0 saturated carbocycles. The number of carbonyl (C=O) groups excluding carboxylic acids is 2. The highest BCUT2D eigenvalue weighted by molar-refractivity contribution is 6.33. The summed E-state index contributed by atoms with van der Waals surface area (Å²) < 4.78 is 10.6. The van der Waals surface area contributed by atoms with E-state index >= 15 is 0 Å². The van der Waals surface area contributed by atoms with Gasteiger partial charge in [0.2, 0.25) is 11.8 Å². The van der Waals surface area contributed by atoms with Crippen LogP contribution in [0.5, 0.6) is 11.5 Å². The number of anilines is 1. The van der Waals surface area contributed by atoms with Crippen molar-refractivity contribution in [3.05, 3.63) is 53.1 Å². The number of piperazine rings is 1. The first-order valence-electron chi connectivity index (χ1n) is 10.8. The molecule has 2 saturated heterocycles. The Bertz CT molecular complexity index is 991. The van der Waals surface area contributed by atoms with Gasteiger partial charge in [-0.2, -0.15) is 0 Å². The second-order valence-electron chi connectivity index (χ2n) is 8.02. The minimum absolute atomic E-state index is 0.0957. The van der Waals surface area contributed by atoms with Crippen molar-refractivity contribution in [3.63, 3.8) is 0 Å². The lowest BCUT2D eigenvalue weighted by atomic mass is 10.1. The number of nitrogens with zero attached hydrogens (tertiary/aromatic N) is 3. The number of methoxy groups -OCH3 is 2. The molecule has 0 unspecified atom stereocenters. The number of benzene rings is 2. The largest absolute Gasteiger partial charge is 0.493 e. The number of imide groups is 1. The Kier molecular flexibility index (Phi) is 6.86. The first-order valence-corrected chi connectivity index (χ1v) is 11.2.